The number of amides is 2. The zero-order valence-electron chi connectivity index (χ0n) is 17.1. The van der Waals surface area contributed by atoms with E-state index < -0.39 is 0 Å². The van der Waals surface area contributed by atoms with E-state index in [2.05, 4.69) is 10.3 Å². The Morgan fingerprint density at radius 1 is 1.10 bits per heavy atom. The first-order valence-electron chi connectivity index (χ1n) is 10.5. The van der Waals surface area contributed by atoms with E-state index in [9.17, 15) is 9.59 Å². The fraction of sp³-hybridized carbons (Fsp3) is 0.333. The molecule has 0 radical (unpaired) electrons. The SMILES string of the molecule is Cc1ccc2[nH]c(=O)c(CN(C(=O)Nc3ccc(Cl)cc3)C3CCCCC3)cc2c1. The molecule has 0 saturated heterocycles. The van der Waals surface area contributed by atoms with Crippen molar-refractivity contribution in [1.82, 2.24) is 9.88 Å². The fourth-order valence-corrected chi connectivity index (χ4v) is 4.29. The standard InChI is InChI=1S/C24H26ClN3O2/c1-16-7-12-22-17(13-16)14-18(23(29)27-22)15-28(21-5-3-2-4-6-21)24(30)26-20-10-8-19(25)9-11-20/h7-14,21H,2-6,15H2,1H3,(H,26,30)(H,27,29). The van der Waals surface area contributed by atoms with E-state index >= 15 is 0 Å². The molecule has 30 heavy (non-hydrogen) atoms. The van der Waals surface area contributed by atoms with Crippen molar-refractivity contribution in [1.29, 1.82) is 0 Å². The third-order valence-corrected chi connectivity index (χ3v) is 6.04. The van der Waals surface area contributed by atoms with Gasteiger partial charge in [0.05, 0.1) is 6.54 Å². The normalized spacial score (nSPS) is 14.6. The second-order valence-electron chi connectivity index (χ2n) is 8.07. The fourth-order valence-electron chi connectivity index (χ4n) is 4.16. The molecule has 6 heteroatoms. The van der Waals surface area contributed by atoms with Crippen LogP contribution in [0.25, 0.3) is 10.9 Å². The average Bonchev–Trinajstić information content (AvgIpc) is 2.74. The Balaban J connectivity index is 1.63. The molecule has 1 heterocycles. The Hall–Kier alpha value is -2.79. The van der Waals surface area contributed by atoms with Gasteiger partial charge in [-0.25, -0.2) is 4.79 Å². The number of H-pyrrole nitrogens is 1. The molecule has 0 aliphatic heterocycles. The third kappa shape index (κ3) is 4.68. The second kappa shape index (κ2) is 8.92. The molecule has 2 aromatic carbocycles. The number of fused-ring (bicyclic) bond motifs is 1. The van der Waals surface area contributed by atoms with Gasteiger partial charge in [-0.05, 0) is 67.6 Å². The van der Waals surface area contributed by atoms with Gasteiger partial charge in [0, 0.05) is 27.8 Å². The van der Waals surface area contributed by atoms with Gasteiger partial charge in [-0.2, -0.15) is 0 Å². The summed E-state index contributed by atoms with van der Waals surface area (Å²) in [5.74, 6) is 0. The highest BCUT2D eigenvalue weighted by atomic mass is 35.5. The van der Waals surface area contributed by atoms with Gasteiger partial charge < -0.3 is 15.2 Å². The highest BCUT2D eigenvalue weighted by Crippen LogP contribution is 2.25. The van der Waals surface area contributed by atoms with E-state index in [1.807, 2.05) is 36.1 Å². The number of aromatic amines is 1. The van der Waals surface area contributed by atoms with Crippen LogP contribution in [-0.2, 0) is 6.54 Å². The molecule has 156 valence electrons. The largest absolute Gasteiger partial charge is 0.322 e. The predicted molar refractivity (Wildman–Crippen MR) is 122 cm³/mol. The van der Waals surface area contributed by atoms with Crippen molar-refractivity contribution < 1.29 is 4.79 Å². The number of carbonyl (C=O) groups excluding carboxylic acids is 1. The average molecular weight is 424 g/mol. The number of halogens is 1. The zero-order chi connectivity index (χ0) is 21.1. The number of hydrogen-bond acceptors (Lipinski definition) is 2. The molecule has 4 rings (SSSR count). The molecule has 0 bridgehead atoms. The predicted octanol–water partition coefficient (Wildman–Crippen LogP) is 5.86. The van der Waals surface area contributed by atoms with Crippen LogP contribution >= 0.6 is 11.6 Å². The maximum absolute atomic E-state index is 13.2. The Labute approximate surface area is 181 Å². The summed E-state index contributed by atoms with van der Waals surface area (Å²) in [4.78, 5) is 30.7. The topological polar surface area (TPSA) is 65.2 Å². The lowest BCUT2D eigenvalue weighted by molar-refractivity contribution is 0.162. The first-order valence-corrected chi connectivity index (χ1v) is 10.8. The summed E-state index contributed by atoms with van der Waals surface area (Å²) >= 11 is 5.95. The van der Waals surface area contributed by atoms with Crippen molar-refractivity contribution in [3.63, 3.8) is 0 Å². The summed E-state index contributed by atoms with van der Waals surface area (Å²) in [7, 11) is 0. The number of anilines is 1. The molecule has 1 aromatic heterocycles. The van der Waals surface area contributed by atoms with Crippen molar-refractivity contribution in [3.8, 4) is 0 Å². The Bertz CT molecular complexity index is 1100. The lowest BCUT2D eigenvalue weighted by Crippen LogP contribution is -2.44. The Kier molecular flexibility index (Phi) is 6.09. The third-order valence-electron chi connectivity index (χ3n) is 5.79. The van der Waals surface area contributed by atoms with Crippen LogP contribution in [0.2, 0.25) is 5.02 Å². The molecule has 1 aliphatic rings. The minimum absolute atomic E-state index is 0.124. The van der Waals surface area contributed by atoms with Gasteiger partial charge in [0.15, 0.2) is 0 Å². The second-order valence-corrected chi connectivity index (χ2v) is 8.51. The van der Waals surface area contributed by atoms with Crippen molar-refractivity contribution in [3.05, 3.63) is 75.0 Å². The monoisotopic (exact) mass is 423 g/mol. The molecule has 1 saturated carbocycles. The number of hydrogen-bond donors (Lipinski definition) is 2. The van der Waals surface area contributed by atoms with Crippen molar-refractivity contribution >= 4 is 34.2 Å². The smallest absolute Gasteiger partial charge is 0.322 e. The molecule has 3 aromatic rings. The van der Waals surface area contributed by atoms with Crippen LogP contribution in [0, 0.1) is 6.92 Å². The van der Waals surface area contributed by atoms with E-state index in [-0.39, 0.29) is 24.2 Å². The van der Waals surface area contributed by atoms with Crippen LogP contribution in [0.5, 0.6) is 0 Å². The maximum atomic E-state index is 13.2. The quantitative estimate of drug-likeness (QED) is 0.552. The number of aromatic nitrogens is 1. The number of rotatable bonds is 4. The number of urea groups is 1. The van der Waals surface area contributed by atoms with Crippen LogP contribution in [0.15, 0.2) is 53.3 Å². The molecule has 1 aliphatic carbocycles. The Morgan fingerprint density at radius 2 is 1.83 bits per heavy atom. The Morgan fingerprint density at radius 3 is 2.57 bits per heavy atom. The molecule has 5 nitrogen and oxygen atoms in total. The van der Waals surface area contributed by atoms with Gasteiger partial charge in [0.2, 0.25) is 0 Å². The van der Waals surface area contributed by atoms with Gasteiger partial charge >= 0.3 is 6.03 Å². The number of carbonyl (C=O) groups is 1. The van der Waals surface area contributed by atoms with Gasteiger partial charge in [-0.1, -0.05) is 42.5 Å². The number of nitrogens with one attached hydrogen (secondary N) is 2. The van der Waals surface area contributed by atoms with Gasteiger partial charge in [0.25, 0.3) is 5.56 Å². The number of benzene rings is 2. The maximum Gasteiger partial charge on any atom is 0.322 e. The van der Waals surface area contributed by atoms with Crippen LogP contribution < -0.4 is 10.9 Å². The minimum atomic E-state index is -0.187. The number of nitrogens with zero attached hydrogens (tertiary/aromatic N) is 1. The van der Waals surface area contributed by atoms with E-state index in [0.717, 1.165) is 42.1 Å². The molecule has 0 atom stereocenters. The van der Waals surface area contributed by atoms with Crippen LogP contribution in [0.3, 0.4) is 0 Å². The molecule has 0 spiro atoms. The lowest BCUT2D eigenvalue weighted by atomic mass is 9.94. The summed E-state index contributed by atoms with van der Waals surface area (Å²) in [5, 5.41) is 4.57. The van der Waals surface area contributed by atoms with E-state index in [4.69, 9.17) is 11.6 Å². The van der Waals surface area contributed by atoms with Crippen molar-refractivity contribution in [2.24, 2.45) is 0 Å². The summed E-state index contributed by atoms with van der Waals surface area (Å²) in [6.45, 7) is 2.31. The number of pyridine rings is 1. The zero-order valence-corrected chi connectivity index (χ0v) is 17.8. The van der Waals surface area contributed by atoms with Crippen LogP contribution in [-0.4, -0.2) is 22.0 Å². The summed E-state index contributed by atoms with van der Waals surface area (Å²) < 4.78 is 0. The van der Waals surface area contributed by atoms with Crippen molar-refractivity contribution in [2.75, 3.05) is 5.32 Å². The molecule has 0 unspecified atom stereocenters. The summed E-state index contributed by atoms with van der Waals surface area (Å²) in [5.41, 5.74) is 3.08. The van der Waals surface area contributed by atoms with Crippen LogP contribution in [0.1, 0.15) is 43.2 Å². The van der Waals surface area contributed by atoms with E-state index in [1.54, 1.807) is 24.3 Å². The van der Waals surface area contributed by atoms with E-state index in [1.165, 1.54) is 6.42 Å². The summed E-state index contributed by atoms with van der Waals surface area (Å²) in [6.07, 6.45) is 5.31. The molecular weight excluding hydrogens is 398 g/mol. The van der Waals surface area contributed by atoms with Crippen molar-refractivity contribution in [2.45, 2.75) is 51.6 Å². The molecular formula is C24H26ClN3O2. The van der Waals surface area contributed by atoms with Gasteiger partial charge in [-0.3, -0.25) is 4.79 Å². The molecule has 2 amide bonds. The van der Waals surface area contributed by atoms with Gasteiger partial charge in [-0.15, -0.1) is 0 Å². The highest BCUT2D eigenvalue weighted by Gasteiger charge is 2.26. The summed E-state index contributed by atoms with van der Waals surface area (Å²) in [6, 6.07) is 14.9. The first kappa shape index (κ1) is 20.5. The minimum Gasteiger partial charge on any atom is -0.322 e. The van der Waals surface area contributed by atoms with E-state index in [0.29, 0.717) is 16.3 Å². The molecule has 1 fully saturated rings. The highest BCUT2D eigenvalue weighted by molar-refractivity contribution is 6.30. The number of aryl methyl sites for hydroxylation is 1. The molecule has 2 N–H and O–H groups in total. The lowest BCUT2D eigenvalue weighted by Gasteiger charge is -2.34. The van der Waals surface area contributed by atoms with Gasteiger partial charge in [0.1, 0.15) is 0 Å². The van der Waals surface area contributed by atoms with Crippen LogP contribution in [0.4, 0.5) is 10.5 Å². The first-order chi connectivity index (χ1) is 14.5.